The van der Waals surface area contributed by atoms with Crippen molar-refractivity contribution in [3.8, 4) is 0 Å². The molecule has 2 nitrogen and oxygen atoms in total. The van der Waals surface area contributed by atoms with E-state index >= 15 is 0 Å². The lowest BCUT2D eigenvalue weighted by Crippen LogP contribution is -1.97. The summed E-state index contributed by atoms with van der Waals surface area (Å²) in [5.41, 5.74) is 1.79. The third kappa shape index (κ3) is 2.31. The third-order valence-electron chi connectivity index (χ3n) is 2.88. The van der Waals surface area contributed by atoms with E-state index in [9.17, 15) is 8.78 Å². The molecule has 1 heterocycles. The number of nitrogens with zero attached hydrogens (tertiary/aromatic N) is 1. The number of hydrogen-bond donors (Lipinski definition) is 1. The quantitative estimate of drug-likeness (QED) is 0.751. The molecule has 0 saturated heterocycles. The van der Waals surface area contributed by atoms with Crippen molar-refractivity contribution in [3.63, 3.8) is 0 Å². The van der Waals surface area contributed by atoms with Crippen molar-refractivity contribution in [1.29, 1.82) is 0 Å². The van der Waals surface area contributed by atoms with Crippen LogP contribution in [0.25, 0.3) is 11.0 Å². The van der Waals surface area contributed by atoms with Gasteiger partial charge in [-0.1, -0.05) is 23.7 Å². The first-order valence-corrected chi connectivity index (χ1v) is 6.08. The Morgan fingerprint density at radius 3 is 2.84 bits per heavy atom. The van der Waals surface area contributed by atoms with Gasteiger partial charge in [-0.05, 0) is 29.8 Å². The maximum Gasteiger partial charge on any atom is 0.162 e. The van der Waals surface area contributed by atoms with Crippen LogP contribution >= 0.6 is 11.6 Å². The van der Waals surface area contributed by atoms with Crippen LogP contribution in [0.5, 0.6) is 0 Å². The van der Waals surface area contributed by atoms with E-state index in [0.717, 1.165) is 17.1 Å². The lowest BCUT2D eigenvalue weighted by Gasteiger charge is -2.01. The van der Waals surface area contributed by atoms with E-state index in [2.05, 4.69) is 9.97 Å². The second kappa shape index (κ2) is 4.63. The molecule has 0 unspecified atom stereocenters. The van der Waals surface area contributed by atoms with Crippen molar-refractivity contribution < 1.29 is 8.78 Å². The number of benzene rings is 2. The van der Waals surface area contributed by atoms with Gasteiger partial charge in [0.1, 0.15) is 5.82 Å². The number of imidazole rings is 1. The number of fused-ring (bicyclic) bond motifs is 1. The highest BCUT2D eigenvalue weighted by molar-refractivity contribution is 6.31. The smallest absolute Gasteiger partial charge is 0.162 e. The fourth-order valence-electron chi connectivity index (χ4n) is 1.98. The molecule has 19 heavy (non-hydrogen) atoms. The van der Waals surface area contributed by atoms with Gasteiger partial charge in [-0.25, -0.2) is 13.8 Å². The molecule has 0 saturated carbocycles. The molecule has 1 aromatic heterocycles. The van der Waals surface area contributed by atoms with Gasteiger partial charge < -0.3 is 4.98 Å². The molecule has 0 atom stereocenters. The molecule has 0 aliphatic heterocycles. The predicted molar refractivity (Wildman–Crippen MR) is 70.3 cm³/mol. The topological polar surface area (TPSA) is 28.7 Å². The molecule has 0 spiro atoms. The number of hydrogen-bond acceptors (Lipinski definition) is 1. The lowest BCUT2D eigenvalue weighted by atomic mass is 10.1. The van der Waals surface area contributed by atoms with E-state index in [1.807, 2.05) is 0 Å². The standard InChI is InChI=1S/C14H9ClF2N2/c15-9-4-5-11-12(7-9)19-13(18-11)6-8-2-1-3-10(16)14(8)17/h1-5,7H,6H2,(H,18,19). The van der Waals surface area contributed by atoms with Gasteiger partial charge in [0.15, 0.2) is 11.6 Å². The maximum atomic E-state index is 13.6. The predicted octanol–water partition coefficient (Wildman–Crippen LogP) is 4.09. The second-order valence-corrected chi connectivity index (χ2v) is 4.67. The summed E-state index contributed by atoms with van der Waals surface area (Å²) in [6, 6.07) is 9.37. The van der Waals surface area contributed by atoms with E-state index in [-0.39, 0.29) is 12.0 Å². The Morgan fingerprint density at radius 2 is 2.00 bits per heavy atom. The molecular weight excluding hydrogens is 270 g/mol. The molecule has 5 heteroatoms. The fraction of sp³-hybridized carbons (Fsp3) is 0.0714. The molecule has 0 radical (unpaired) electrons. The van der Waals surface area contributed by atoms with Crippen LogP contribution in [0.4, 0.5) is 8.78 Å². The Balaban J connectivity index is 1.99. The molecule has 0 fully saturated rings. The zero-order valence-corrected chi connectivity index (χ0v) is 10.5. The molecule has 0 bridgehead atoms. The van der Waals surface area contributed by atoms with E-state index in [1.54, 1.807) is 24.3 Å². The monoisotopic (exact) mass is 278 g/mol. The van der Waals surface area contributed by atoms with E-state index in [1.165, 1.54) is 6.07 Å². The first-order valence-electron chi connectivity index (χ1n) is 5.70. The number of aromatic amines is 1. The van der Waals surface area contributed by atoms with Gasteiger partial charge in [0, 0.05) is 11.4 Å². The zero-order chi connectivity index (χ0) is 13.4. The number of aromatic nitrogens is 2. The SMILES string of the molecule is Fc1cccc(Cc2nc3ccc(Cl)cc3[nH]2)c1F. The van der Waals surface area contributed by atoms with Crippen molar-refractivity contribution in [3.05, 3.63) is 64.4 Å². The molecular formula is C14H9ClF2N2. The average molecular weight is 279 g/mol. The molecule has 0 aliphatic carbocycles. The lowest BCUT2D eigenvalue weighted by molar-refractivity contribution is 0.500. The minimum atomic E-state index is -0.850. The van der Waals surface area contributed by atoms with Crippen molar-refractivity contribution in [2.24, 2.45) is 0 Å². The number of rotatable bonds is 2. The van der Waals surface area contributed by atoms with Crippen LogP contribution in [-0.2, 0) is 6.42 Å². The molecule has 3 aromatic rings. The van der Waals surface area contributed by atoms with Crippen molar-refractivity contribution in [2.45, 2.75) is 6.42 Å². The third-order valence-corrected chi connectivity index (χ3v) is 3.12. The second-order valence-electron chi connectivity index (χ2n) is 4.23. The summed E-state index contributed by atoms with van der Waals surface area (Å²) in [6.07, 6.45) is 0.204. The van der Waals surface area contributed by atoms with Crippen molar-refractivity contribution in [1.82, 2.24) is 9.97 Å². The van der Waals surface area contributed by atoms with Gasteiger partial charge in [0.05, 0.1) is 11.0 Å². The first kappa shape index (κ1) is 12.1. The minimum absolute atomic E-state index is 0.204. The highest BCUT2D eigenvalue weighted by Crippen LogP contribution is 2.20. The van der Waals surface area contributed by atoms with Gasteiger partial charge in [0.25, 0.3) is 0 Å². The maximum absolute atomic E-state index is 13.6. The van der Waals surface area contributed by atoms with E-state index in [0.29, 0.717) is 10.8 Å². The van der Waals surface area contributed by atoms with Gasteiger partial charge in [0.2, 0.25) is 0 Å². The number of H-pyrrole nitrogens is 1. The van der Waals surface area contributed by atoms with Crippen LogP contribution in [0.15, 0.2) is 36.4 Å². The van der Waals surface area contributed by atoms with Crippen molar-refractivity contribution >= 4 is 22.6 Å². The Bertz CT molecular complexity index is 752. The molecule has 96 valence electrons. The van der Waals surface area contributed by atoms with Crippen LogP contribution in [-0.4, -0.2) is 9.97 Å². The summed E-state index contributed by atoms with van der Waals surface area (Å²) >= 11 is 5.88. The molecule has 0 amide bonds. The minimum Gasteiger partial charge on any atom is -0.342 e. The molecule has 0 aliphatic rings. The summed E-state index contributed by atoms with van der Waals surface area (Å²) in [5.74, 6) is -1.11. The average Bonchev–Trinajstić information content (AvgIpc) is 2.76. The molecule has 1 N–H and O–H groups in total. The highest BCUT2D eigenvalue weighted by atomic mass is 35.5. The van der Waals surface area contributed by atoms with Gasteiger partial charge in [-0.2, -0.15) is 0 Å². The molecule has 3 rings (SSSR count). The van der Waals surface area contributed by atoms with Gasteiger partial charge in [-0.15, -0.1) is 0 Å². The Labute approximate surface area is 113 Å². The van der Waals surface area contributed by atoms with Crippen LogP contribution in [0.2, 0.25) is 5.02 Å². The van der Waals surface area contributed by atoms with Crippen LogP contribution < -0.4 is 0 Å². The van der Waals surface area contributed by atoms with Crippen LogP contribution in [0.1, 0.15) is 11.4 Å². The summed E-state index contributed by atoms with van der Waals surface area (Å²) in [4.78, 5) is 7.36. The highest BCUT2D eigenvalue weighted by Gasteiger charge is 2.10. The summed E-state index contributed by atoms with van der Waals surface area (Å²) in [7, 11) is 0. The summed E-state index contributed by atoms with van der Waals surface area (Å²) in [5, 5.41) is 0.597. The zero-order valence-electron chi connectivity index (χ0n) is 9.75. The van der Waals surface area contributed by atoms with E-state index in [4.69, 9.17) is 11.6 Å². The van der Waals surface area contributed by atoms with Crippen LogP contribution in [0.3, 0.4) is 0 Å². The Morgan fingerprint density at radius 1 is 1.16 bits per heavy atom. The van der Waals surface area contributed by atoms with Gasteiger partial charge >= 0.3 is 0 Å². The van der Waals surface area contributed by atoms with Crippen LogP contribution in [0, 0.1) is 11.6 Å². The summed E-state index contributed by atoms with van der Waals surface area (Å²) in [6.45, 7) is 0. The number of nitrogens with one attached hydrogen (secondary N) is 1. The Hall–Kier alpha value is -1.94. The normalized spacial score (nSPS) is 11.1. The van der Waals surface area contributed by atoms with E-state index < -0.39 is 11.6 Å². The molecule has 2 aromatic carbocycles. The number of halogens is 3. The van der Waals surface area contributed by atoms with Gasteiger partial charge in [-0.3, -0.25) is 0 Å². The Kier molecular flexibility index (Phi) is 2.95. The summed E-state index contributed by atoms with van der Waals surface area (Å²) < 4.78 is 26.7. The first-order chi connectivity index (χ1) is 9.13. The largest absolute Gasteiger partial charge is 0.342 e. The fourth-order valence-corrected chi connectivity index (χ4v) is 2.16. The van der Waals surface area contributed by atoms with Crippen molar-refractivity contribution in [2.75, 3.05) is 0 Å².